The van der Waals surface area contributed by atoms with Gasteiger partial charge in [-0.05, 0) is 49.6 Å². The summed E-state index contributed by atoms with van der Waals surface area (Å²) in [4.78, 5) is 14.5. The van der Waals surface area contributed by atoms with Gasteiger partial charge in [0.2, 0.25) is 0 Å². The number of amides is 1. The van der Waals surface area contributed by atoms with Crippen molar-refractivity contribution in [2.24, 2.45) is 0 Å². The van der Waals surface area contributed by atoms with Crippen LogP contribution in [0.1, 0.15) is 28.8 Å². The molecule has 0 saturated carbocycles. The van der Waals surface area contributed by atoms with Crippen molar-refractivity contribution in [1.29, 1.82) is 0 Å². The molecule has 2 aromatic rings. The quantitative estimate of drug-likeness (QED) is 0.800. The van der Waals surface area contributed by atoms with Gasteiger partial charge in [-0.15, -0.1) is 0 Å². The number of aryl methyl sites for hydroxylation is 1. The lowest BCUT2D eigenvalue weighted by molar-refractivity contribution is 0.0792. The molecule has 1 aliphatic rings. The summed E-state index contributed by atoms with van der Waals surface area (Å²) in [5, 5.41) is 0. The Bertz CT molecular complexity index is 982. The van der Waals surface area contributed by atoms with Gasteiger partial charge < -0.3 is 14.4 Å². The summed E-state index contributed by atoms with van der Waals surface area (Å²) in [6.45, 7) is 3.22. The number of anilines is 1. The summed E-state index contributed by atoms with van der Waals surface area (Å²) >= 11 is 0. The van der Waals surface area contributed by atoms with E-state index in [-0.39, 0.29) is 10.8 Å². The van der Waals surface area contributed by atoms with Crippen molar-refractivity contribution in [3.63, 3.8) is 0 Å². The molecule has 0 spiro atoms. The fourth-order valence-electron chi connectivity index (χ4n) is 3.20. The summed E-state index contributed by atoms with van der Waals surface area (Å²) in [6, 6.07) is 9.35. The number of benzene rings is 2. The van der Waals surface area contributed by atoms with E-state index < -0.39 is 10.0 Å². The van der Waals surface area contributed by atoms with Gasteiger partial charge in [0.25, 0.3) is 15.9 Å². The average Bonchev–Trinajstić information content (AvgIpc) is 3.22. The second kappa shape index (κ2) is 8.10. The Morgan fingerprint density at radius 3 is 2.32 bits per heavy atom. The second-order valence-corrected chi connectivity index (χ2v) is 8.33. The lowest BCUT2D eigenvalue weighted by Gasteiger charge is -2.18. The summed E-state index contributed by atoms with van der Waals surface area (Å²) in [7, 11) is -0.886. The number of carbonyl (C=O) groups excluding carboxylic acids is 1. The zero-order chi connectivity index (χ0) is 20.3. The van der Waals surface area contributed by atoms with Crippen LogP contribution >= 0.6 is 0 Å². The lowest BCUT2D eigenvalue weighted by atomic mass is 10.1. The van der Waals surface area contributed by atoms with E-state index in [2.05, 4.69) is 4.72 Å². The normalized spacial score (nSPS) is 14.0. The largest absolute Gasteiger partial charge is 0.493 e. The molecular formula is C20H24N2O5S. The highest BCUT2D eigenvalue weighted by Gasteiger charge is 2.23. The summed E-state index contributed by atoms with van der Waals surface area (Å²) in [5.74, 6) is 0.786. The smallest absolute Gasteiger partial charge is 0.261 e. The lowest BCUT2D eigenvalue weighted by Crippen LogP contribution is -2.28. The third-order valence-electron chi connectivity index (χ3n) is 4.78. The number of nitrogens with one attached hydrogen (secondary N) is 1. The number of methoxy groups -OCH3 is 2. The van der Waals surface area contributed by atoms with E-state index in [1.165, 1.54) is 26.4 Å². The molecule has 8 heteroatoms. The van der Waals surface area contributed by atoms with Crippen molar-refractivity contribution < 1.29 is 22.7 Å². The van der Waals surface area contributed by atoms with Gasteiger partial charge in [-0.25, -0.2) is 8.42 Å². The number of hydrogen-bond acceptors (Lipinski definition) is 5. The SMILES string of the molecule is COc1ccc(NS(=O)(=O)c2ccc(C)c(C(=O)N3CCCC3)c2)cc1OC. The van der Waals surface area contributed by atoms with Gasteiger partial charge in [-0.1, -0.05) is 6.07 Å². The Labute approximate surface area is 165 Å². The van der Waals surface area contributed by atoms with Crippen molar-refractivity contribution in [2.45, 2.75) is 24.7 Å². The number of hydrogen-bond donors (Lipinski definition) is 1. The number of likely N-dealkylation sites (tertiary alicyclic amines) is 1. The molecule has 1 saturated heterocycles. The molecular weight excluding hydrogens is 380 g/mol. The molecule has 2 aromatic carbocycles. The summed E-state index contributed by atoms with van der Waals surface area (Å²) in [5.41, 5.74) is 1.50. The third kappa shape index (κ3) is 4.06. The minimum Gasteiger partial charge on any atom is -0.493 e. The van der Waals surface area contributed by atoms with Gasteiger partial charge in [0.15, 0.2) is 11.5 Å². The molecule has 0 aromatic heterocycles. The highest BCUT2D eigenvalue weighted by atomic mass is 32.2. The number of nitrogens with zero attached hydrogens (tertiary/aromatic N) is 1. The first-order valence-corrected chi connectivity index (χ1v) is 10.5. The van der Waals surface area contributed by atoms with Gasteiger partial charge in [0, 0.05) is 24.7 Å². The van der Waals surface area contributed by atoms with Gasteiger partial charge in [0.05, 0.1) is 24.8 Å². The highest BCUT2D eigenvalue weighted by molar-refractivity contribution is 7.92. The van der Waals surface area contributed by atoms with Crippen molar-refractivity contribution in [2.75, 3.05) is 32.0 Å². The molecule has 150 valence electrons. The summed E-state index contributed by atoms with van der Waals surface area (Å²) < 4.78 is 38.6. The van der Waals surface area contributed by atoms with Gasteiger partial charge in [0.1, 0.15) is 0 Å². The van der Waals surface area contributed by atoms with E-state index in [1.807, 2.05) is 6.92 Å². The van der Waals surface area contributed by atoms with Crippen molar-refractivity contribution in [3.05, 3.63) is 47.5 Å². The minimum atomic E-state index is -3.87. The molecule has 1 N–H and O–H groups in total. The third-order valence-corrected chi connectivity index (χ3v) is 6.16. The maximum absolute atomic E-state index is 12.9. The van der Waals surface area contributed by atoms with E-state index in [0.29, 0.717) is 35.8 Å². The van der Waals surface area contributed by atoms with E-state index in [4.69, 9.17) is 9.47 Å². The average molecular weight is 404 g/mol. The van der Waals surface area contributed by atoms with Gasteiger partial charge in [-0.2, -0.15) is 0 Å². The predicted octanol–water partition coefficient (Wildman–Crippen LogP) is 3.05. The highest BCUT2D eigenvalue weighted by Crippen LogP contribution is 2.31. The minimum absolute atomic E-state index is 0.0374. The number of ether oxygens (including phenoxy) is 2. The molecule has 1 aliphatic heterocycles. The van der Waals surface area contributed by atoms with Crippen molar-refractivity contribution in [1.82, 2.24) is 4.90 Å². The Kier molecular flexibility index (Phi) is 5.79. The van der Waals surface area contributed by atoms with Crippen molar-refractivity contribution in [3.8, 4) is 11.5 Å². The van der Waals surface area contributed by atoms with Crippen LogP contribution in [-0.4, -0.2) is 46.5 Å². The number of carbonyl (C=O) groups is 1. The predicted molar refractivity (Wildman–Crippen MR) is 107 cm³/mol. The first-order chi connectivity index (χ1) is 13.4. The van der Waals surface area contributed by atoms with Crippen LogP contribution in [0.3, 0.4) is 0 Å². The summed E-state index contributed by atoms with van der Waals surface area (Å²) in [6.07, 6.45) is 1.95. The molecule has 1 amide bonds. The molecule has 0 aliphatic carbocycles. The number of rotatable bonds is 6. The Morgan fingerprint density at radius 1 is 1.00 bits per heavy atom. The van der Waals surface area contributed by atoms with E-state index >= 15 is 0 Å². The van der Waals surface area contributed by atoms with E-state index in [9.17, 15) is 13.2 Å². The molecule has 3 rings (SSSR count). The maximum atomic E-state index is 12.9. The van der Waals surface area contributed by atoms with Crippen molar-refractivity contribution >= 4 is 21.6 Å². The zero-order valence-electron chi connectivity index (χ0n) is 16.2. The zero-order valence-corrected chi connectivity index (χ0v) is 17.0. The van der Waals surface area contributed by atoms with Crippen LogP contribution in [0, 0.1) is 6.92 Å². The van der Waals surface area contributed by atoms with Gasteiger partial charge in [-0.3, -0.25) is 9.52 Å². The second-order valence-electron chi connectivity index (χ2n) is 6.65. The van der Waals surface area contributed by atoms with Crippen LogP contribution in [0.15, 0.2) is 41.3 Å². The first-order valence-electron chi connectivity index (χ1n) is 9.00. The molecule has 1 heterocycles. The molecule has 28 heavy (non-hydrogen) atoms. The standard InChI is InChI=1S/C20H24N2O5S/c1-14-6-8-16(13-17(14)20(23)22-10-4-5-11-22)28(24,25)21-15-7-9-18(26-2)19(12-15)27-3/h6-9,12-13,21H,4-5,10-11H2,1-3H3. The van der Waals surface area contributed by atoms with Crippen LogP contribution in [0.2, 0.25) is 0 Å². The first kappa shape index (κ1) is 20.0. The Balaban J connectivity index is 1.89. The van der Waals surface area contributed by atoms with Crippen LogP contribution in [0.25, 0.3) is 0 Å². The maximum Gasteiger partial charge on any atom is 0.261 e. The molecule has 7 nitrogen and oxygen atoms in total. The van der Waals surface area contributed by atoms with E-state index in [0.717, 1.165) is 18.4 Å². The molecule has 0 atom stereocenters. The fraction of sp³-hybridized carbons (Fsp3) is 0.350. The molecule has 1 fully saturated rings. The van der Waals surface area contributed by atoms with Crippen LogP contribution in [-0.2, 0) is 10.0 Å². The van der Waals surface area contributed by atoms with Crippen LogP contribution in [0.5, 0.6) is 11.5 Å². The molecule has 0 bridgehead atoms. The molecule has 0 unspecified atom stereocenters. The van der Waals surface area contributed by atoms with Crippen LogP contribution in [0.4, 0.5) is 5.69 Å². The van der Waals surface area contributed by atoms with E-state index in [1.54, 1.807) is 29.2 Å². The number of sulfonamides is 1. The topological polar surface area (TPSA) is 84.9 Å². The van der Waals surface area contributed by atoms with Crippen LogP contribution < -0.4 is 14.2 Å². The fourth-order valence-corrected chi connectivity index (χ4v) is 4.28. The Morgan fingerprint density at radius 2 is 1.68 bits per heavy atom. The van der Waals surface area contributed by atoms with Gasteiger partial charge >= 0.3 is 0 Å². The Hall–Kier alpha value is -2.74. The monoisotopic (exact) mass is 404 g/mol. The molecule has 0 radical (unpaired) electrons.